The van der Waals surface area contributed by atoms with Crippen LogP contribution in [0.1, 0.15) is 149 Å². The number of carbonyl (C=O) groups is 1. The molecule has 0 radical (unpaired) electrons. The van der Waals surface area contributed by atoms with Gasteiger partial charge in [-0.2, -0.15) is 0 Å². The van der Waals surface area contributed by atoms with Gasteiger partial charge in [-0.1, -0.05) is 116 Å². The van der Waals surface area contributed by atoms with Crippen LogP contribution in [-0.2, 0) is 27.9 Å². The van der Waals surface area contributed by atoms with Gasteiger partial charge in [-0.25, -0.2) is 4.57 Å². The summed E-state index contributed by atoms with van der Waals surface area (Å²) in [5.74, 6) is -0.488. The molecule has 0 aliphatic heterocycles. The quantitative estimate of drug-likeness (QED) is 0.0211. The SMILES string of the molecule is CCCCC/C=C\CCCCCCCC(=O)OC(COCCCCCCCCCCCC)COP(=O)(O)OC1C(O)C(O)C(O)C(O)C1O. The fourth-order valence-electron chi connectivity index (χ4n) is 5.76. The largest absolute Gasteiger partial charge is 0.472 e. The topological polar surface area (TPSA) is 192 Å². The van der Waals surface area contributed by atoms with E-state index in [4.69, 9.17) is 18.5 Å². The highest BCUT2D eigenvalue weighted by Crippen LogP contribution is 2.47. The Bertz CT molecular complexity index is 874. The summed E-state index contributed by atoms with van der Waals surface area (Å²) in [7, 11) is -5.00. The van der Waals surface area contributed by atoms with E-state index in [9.17, 15) is 39.8 Å². The van der Waals surface area contributed by atoms with Crippen molar-refractivity contribution >= 4 is 13.8 Å². The standard InChI is InChI=1S/C36H69O12P/c1-3-5-7-9-11-13-15-16-17-19-21-23-25-30(37)47-29(27-45-26-24-22-20-18-14-12-10-8-6-4-2)28-46-49(43,44)48-36-34(41)32(39)31(38)33(40)35(36)42/h11,13,29,31-36,38-42H,3-10,12,14-28H2,1-2H3,(H,43,44)/b13-11-. The molecule has 1 aliphatic carbocycles. The van der Waals surface area contributed by atoms with Crippen molar-refractivity contribution in [2.75, 3.05) is 19.8 Å². The van der Waals surface area contributed by atoms with Crippen LogP contribution in [0.25, 0.3) is 0 Å². The number of rotatable bonds is 31. The Morgan fingerprint density at radius 1 is 0.633 bits per heavy atom. The fraction of sp³-hybridized carbons (Fsp3) is 0.917. The molecule has 1 rings (SSSR count). The van der Waals surface area contributed by atoms with Gasteiger partial charge in [0.2, 0.25) is 0 Å². The first-order valence-electron chi connectivity index (χ1n) is 19.0. The van der Waals surface area contributed by atoms with Crippen LogP contribution in [-0.4, -0.2) is 98.9 Å². The molecule has 0 aromatic carbocycles. The van der Waals surface area contributed by atoms with Crippen LogP contribution < -0.4 is 0 Å². The lowest BCUT2D eigenvalue weighted by Gasteiger charge is -2.41. The van der Waals surface area contributed by atoms with Crippen LogP contribution in [0.2, 0.25) is 0 Å². The number of unbranched alkanes of at least 4 members (excludes halogenated alkanes) is 17. The van der Waals surface area contributed by atoms with Gasteiger partial charge in [0.25, 0.3) is 0 Å². The summed E-state index contributed by atoms with van der Waals surface area (Å²) in [5.41, 5.74) is 0. The van der Waals surface area contributed by atoms with Gasteiger partial charge in [0.1, 0.15) is 42.7 Å². The third kappa shape index (κ3) is 21.9. The molecular formula is C36H69O12P. The molecular weight excluding hydrogens is 655 g/mol. The van der Waals surface area contributed by atoms with Crippen molar-refractivity contribution in [3.05, 3.63) is 12.2 Å². The monoisotopic (exact) mass is 724 g/mol. The lowest BCUT2D eigenvalue weighted by atomic mass is 9.85. The van der Waals surface area contributed by atoms with Crippen molar-refractivity contribution in [1.29, 1.82) is 0 Å². The molecule has 13 heteroatoms. The first kappa shape index (κ1) is 46.1. The Morgan fingerprint density at radius 2 is 1.08 bits per heavy atom. The van der Waals surface area contributed by atoms with Crippen molar-refractivity contribution in [2.45, 2.75) is 191 Å². The van der Waals surface area contributed by atoms with Crippen molar-refractivity contribution in [1.82, 2.24) is 0 Å². The van der Waals surface area contributed by atoms with Gasteiger partial charge >= 0.3 is 13.8 Å². The average Bonchev–Trinajstić information content (AvgIpc) is 3.08. The molecule has 1 fully saturated rings. The maximum Gasteiger partial charge on any atom is 0.472 e. The summed E-state index contributed by atoms with van der Waals surface area (Å²) in [6.07, 6.45) is 14.4. The summed E-state index contributed by atoms with van der Waals surface area (Å²) in [5, 5.41) is 49.9. The molecule has 1 saturated carbocycles. The second-order valence-electron chi connectivity index (χ2n) is 13.4. The van der Waals surface area contributed by atoms with Crippen molar-refractivity contribution < 1.29 is 58.3 Å². The number of esters is 1. The molecule has 6 unspecified atom stereocenters. The van der Waals surface area contributed by atoms with Gasteiger partial charge in [-0.15, -0.1) is 0 Å². The van der Waals surface area contributed by atoms with Gasteiger partial charge in [0.05, 0.1) is 13.2 Å². The minimum atomic E-state index is -5.00. The third-order valence-corrected chi connectivity index (χ3v) is 9.87. The third-order valence-electron chi connectivity index (χ3n) is 8.89. The molecule has 0 aromatic heterocycles. The summed E-state index contributed by atoms with van der Waals surface area (Å²) in [4.78, 5) is 22.9. The molecule has 12 nitrogen and oxygen atoms in total. The summed E-state index contributed by atoms with van der Waals surface area (Å²) >= 11 is 0. The number of phosphoric ester groups is 1. The second kappa shape index (κ2) is 28.6. The predicted octanol–water partition coefficient (Wildman–Crippen LogP) is 6.02. The van der Waals surface area contributed by atoms with Crippen LogP contribution in [0.4, 0.5) is 0 Å². The number of aliphatic hydroxyl groups excluding tert-OH is 5. The van der Waals surface area contributed by atoms with Crippen molar-refractivity contribution in [3.63, 3.8) is 0 Å². The first-order valence-corrected chi connectivity index (χ1v) is 20.5. The van der Waals surface area contributed by atoms with Crippen LogP contribution >= 0.6 is 7.82 Å². The van der Waals surface area contributed by atoms with Gasteiger partial charge in [0, 0.05) is 13.0 Å². The van der Waals surface area contributed by atoms with E-state index in [1.165, 1.54) is 64.2 Å². The smallest absolute Gasteiger partial charge is 0.457 e. The van der Waals surface area contributed by atoms with E-state index >= 15 is 0 Å². The molecule has 0 aromatic rings. The summed E-state index contributed by atoms with van der Waals surface area (Å²) in [6.45, 7) is 4.18. The lowest BCUT2D eigenvalue weighted by molar-refractivity contribution is -0.220. The molecule has 0 amide bonds. The minimum absolute atomic E-state index is 0.0760. The highest BCUT2D eigenvalue weighted by molar-refractivity contribution is 7.47. The van der Waals surface area contributed by atoms with Gasteiger partial charge in [0.15, 0.2) is 0 Å². The molecule has 1 aliphatic rings. The maximum absolute atomic E-state index is 12.7. The van der Waals surface area contributed by atoms with Crippen LogP contribution in [0.3, 0.4) is 0 Å². The molecule has 49 heavy (non-hydrogen) atoms. The van der Waals surface area contributed by atoms with Crippen molar-refractivity contribution in [2.24, 2.45) is 0 Å². The van der Waals surface area contributed by atoms with E-state index in [-0.39, 0.29) is 13.0 Å². The van der Waals surface area contributed by atoms with E-state index in [1.54, 1.807) is 0 Å². The zero-order valence-corrected chi connectivity index (χ0v) is 31.1. The number of aliphatic hydroxyl groups is 5. The first-order chi connectivity index (χ1) is 23.5. The van der Waals surface area contributed by atoms with Crippen LogP contribution in [0.15, 0.2) is 12.2 Å². The molecule has 6 atom stereocenters. The predicted molar refractivity (Wildman–Crippen MR) is 189 cm³/mol. The zero-order valence-electron chi connectivity index (χ0n) is 30.2. The molecule has 290 valence electrons. The molecule has 0 bridgehead atoms. The van der Waals surface area contributed by atoms with Gasteiger partial charge in [-0.05, 0) is 38.5 Å². The van der Waals surface area contributed by atoms with Crippen LogP contribution in [0.5, 0.6) is 0 Å². The number of allylic oxidation sites excluding steroid dienone is 2. The Balaban J connectivity index is 2.50. The number of ether oxygens (including phenoxy) is 2. The summed E-state index contributed by atoms with van der Waals surface area (Å²) < 4.78 is 33.9. The van der Waals surface area contributed by atoms with E-state index in [1.807, 2.05) is 0 Å². The highest BCUT2D eigenvalue weighted by atomic mass is 31.2. The van der Waals surface area contributed by atoms with Gasteiger partial charge < -0.3 is 39.9 Å². The van der Waals surface area contributed by atoms with E-state index in [2.05, 4.69) is 26.0 Å². The maximum atomic E-state index is 12.7. The number of hydrogen-bond donors (Lipinski definition) is 6. The minimum Gasteiger partial charge on any atom is -0.457 e. The molecule has 6 N–H and O–H groups in total. The summed E-state index contributed by atoms with van der Waals surface area (Å²) in [6, 6.07) is 0. The number of carbonyl (C=O) groups excluding carboxylic acids is 1. The average molecular weight is 725 g/mol. The zero-order chi connectivity index (χ0) is 36.3. The van der Waals surface area contributed by atoms with E-state index < -0.39 is 63.1 Å². The molecule has 0 saturated heterocycles. The van der Waals surface area contributed by atoms with Crippen molar-refractivity contribution in [3.8, 4) is 0 Å². The van der Waals surface area contributed by atoms with Gasteiger partial charge in [-0.3, -0.25) is 13.8 Å². The van der Waals surface area contributed by atoms with Crippen LogP contribution in [0, 0.1) is 0 Å². The highest BCUT2D eigenvalue weighted by Gasteiger charge is 2.51. The number of hydrogen-bond acceptors (Lipinski definition) is 11. The normalized spacial score (nSPS) is 24.7. The van der Waals surface area contributed by atoms with E-state index in [0.29, 0.717) is 13.0 Å². The van der Waals surface area contributed by atoms with E-state index in [0.717, 1.165) is 57.8 Å². The fourth-order valence-corrected chi connectivity index (χ4v) is 6.73. The Morgan fingerprint density at radius 3 is 1.65 bits per heavy atom. The lowest BCUT2D eigenvalue weighted by Crippen LogP contribution is -2.64. The number of phosphoric acid groups is 1. The second-order valence-corrected chi connectivity index (χ2v) is 14.8. The Labute approximate surface area is 295 Å². The molecule has 0 heterocycles. The Kier molecular flexibility index (Phi) is 26.9. The Hall–Kier alpha value is -0.920. The molecule has 0 spiro atoms.